The number of anilines is 2. The Kier molecular flexibility index (Phi) is 5.98. The molecule has 3 heterocycles. The summed E-state index contributed by atoms with van der Waals surface area (Å²) in [6, 6.07) is 16.7. The first kappa shape index (κ1) is 23.0. The molecule has 1 aliphatic heterocycles. The van der Waals surface area contributed by atoms with Crippen LogP contribution in [0.4, 0.5) is 11.4 Å². The Morgan fingerprint density at radius 1 is 0.943 bits per heavy atom. The Balaban J connectivity index is 1.43. The molecule has 8 heteroatoms. The molecule has 2 aromatic carbocycles. The summed E-state index contributed by atoms with van der Waals surface area (Å²) in [6.07, 6.45) is 5.01. The van der Waals surface area contributed by atoms with Crippen LogP contribution >= 0.6 is 0 Å². The largest absolute Gasteiger partial charge is 0.322 e. The van der Waals surface area contributed by atoms with E-state index in [1.165, 1.54) is 4.31 Å². The minimum atomic E-state index is -3.30. The van der Waals surface area contributed by atoms with Gasteiger partial charge in [-0.05, 0) is 86.3 Å². The normalized spacial score (nSPS) is 15.2. The van der Waals surface area contributed by atoms with Crippen molar-refractivity contribution in [3.05, 3.63) is 83.7 Å². The molecule has 0 saturated carbocycles. The maximum Gasteiger partial charge on any atom is 0.255 e. The molecular formula is C27H26N4O3S. The smallest absolute Gasteiger partial charge is 0.255 e. The maximum atomic E-state index is 13.1. The number of carbonyl (C=O) groups is 1. The van der Waals surface area contributed by atoms with E-state index in [0.717, 1.165) is 39.7 Å². The van der Waals surface area contributed by atoms with Crippen LogP contribution in [0.3, 0.4) is 0 Å². The van der Waals surface area contributed by atoms with Crippen LogP contribution < -0.4 is 9.62 Å². The van der Waals surface area contributed by atoms with E-state index in [9.17, 15) is 13.2 Å². The summed E-state index contributed by atoms with van der Waals surface area (Å²) < 4.78 is 26.3. The van der Waals surface area contributed by atoms with Crippen LogP contribution in [0.2, 0.25) is 0 Å². The molecule has 0 unspecified atom stereocenters. The molecule has 7 nitrogen and oxygen atoms in total. The quantitative estimate of drug-likeness (QED) is 0.433. The van der Waals surface area contributed by atoms with Crippen LogP contribution in [0.25, 0.3) is 22.2 Å². The number of rotatable bonds is 4. The summed E-state index contributed by atoms with van der Waals surface area (Å²) in [5.74, 6) is -0.0935. The summed E-state index contributed by atoms with van der Waals surface area (Å²) in [7, 11) is -3.30. The highest BCUT2D eigenvalue weighted by atomic mass is 32.2. The Hall–Kier alpha value is -3.78. The highest BCUT2D eigenvalue weighted by Gasteiger charge is 2.26. The van der Waals surface area contributed by atoms with Gasteiger partial charge in [-0.15, -0.1) is 0 Å². The van der Waals surface area contributed by atoms with Crippen molar-refractivity contribution in [1.82, 2.24) is 9.97 Å². The van der Waals surface area contributed by atoms with Crippen molar-refractivity contribution in [2.45, 2.75) is 26.7 Å². The molecule has 0 bridgehead atoms. The van der Waals surface area contributed by atoms with Gasteiger partial charge in [-0.25, -0.2) is 8.42 Å². The highest BCUT2D eigenvalue weighted by Crippen LogP contribution is 2.31. The number of hydrogen-bond donors (Lipinski definition) is 1. The van der Waals surface area contributed by atoms with E-state index in [4.69, 9.17) is 0 Å². The fourth-order valence-corrected chi connectivity index (χ4v) is 6.14. The van der Waals surface area contributed by atoms with Gasteiger partial charge >= 0.3 is 0 Å². The minimum absolute atomic E-state index is 0.158. The third kappa shape index (κ3) is 4.49. The van der Waals surface area contributed by atoms with Gasteiger partial charge in [-0.1, -0.05) is 6.07 Å². The number of aromatic nitrogens is 2. The van der Waals surface area contributed by atoms with Crippen LogP contribution in [0.5, 0.6) is 0 Å². The molecule has 2 aromatic heterocycles. The lowest BCUT2D eigenvalue weighted by Gasteiger charge is -2.28. The van der Waals surface area contributed by atoms with Crippen molar-refractivity contribution < 1.29 is 13.2 Å². The summed E-state index contributed by atoms with van der Waals surface area (Å²) in [6.45, 7) is 4.30. The van der Waals surface area contributed by atoms with E-state index in [2.05, 4.69) is 15.3 Å². The fraction of sp³-hybridized carbons (Fsp3) is 0.222. The average Bonchev–Trinajstić information content (AvgIpc) is 2.84. The molecule has 0 radical (unpaired) electrons. The zero-order chi connectivity index (χ0) is 24.6. The van der Waals surface area contributed by atoms with Gasteiger partial charge in [-0.3, -0.25) is 19.1 Å². The molecule has 178 valence electrons. The SMILES string of the molecule is Cc1cc(N2CCCCS2(=O)=O)ccc1C(=O)Nc1ccc(C)c(-c2nccc3ncccc23)c1. The zero-order valence-corrected chi connectivity index (χ0v) is 20.5. The van der Waals surface area contributed by atoms with Gasteiger partial charge < -0.3 is 5.32 Å². The Morgan fingerprint density at radius 2 is 1.80 bits per heavy atom. The van der Waals surface area contributed by atoms with E-state index in [0.29, 0.717) is 29.9 Å². The molecule has 4 aromatic rings. The van der Waals surface area contributed by atoms with E-state index >= 15 is 0 Å². The van der Waals surface area contributed by atoms with Gasteiger partial charge in [0.15, 0.2) is 0 Å². The fourth-order valence-electron chi connectivity index (χ4n) is 4.51. The molecule has 1 amide bonds. The predicted octanol–water partition coefficient (Wildman–Crippen LogP) is 5.10. The third-order valence-electron chi connectivity index (χ3n) is 6.37. The molecule has 1 N–H and O–H groups in total. The standard InChI is InChI=1S/C27H26N4O3S/c1-18-7-8-20(17-24(18)26-23-6-5-12-28-25(23)11-13-29-26)30-27(32)22-10-9-21(16-19(22)2)31-14-3-4-15-35(31,33)34/h5-13,16-17H,3-4,14-15H2,1-2H3,(H,30,32). The number of hydrogen-bond acceptors (Lipinski definition) is 5. The maximum absolute atomic E-state index is 13.1. The molecule has 0 aliphatic carbocycles. The molecule has 0 spiro atoms. The van der Waals surface area contributed by atoms with Gasteiger partial charge in [-0.2, -0.15) is 0 Å². The lowest BCUT2D eigenvalue weighted by atomic mass is 10.0. The molecule has 1 aliphatic rings. The molecule has 35 heavy (non-hydrogen) atoms. The number of nitrogens with one attached hydrogen (secondary N) is 1. The second-order valence-corrected chi connectivity index (χ2v) is 10.8. The van der Waals surface area contributed by atoms with E-state index in [-0.39, 0.29) is 11.7 Å². The summed E-state index contributed by atoms with van der Waals surface area (Å²) in [5, 5.41) is 3.93. The number of pyridine rings is 2. The second-order valence-electron chi connectivity index (χ2n) is 8.81. The molecular weight excluding hydrogens is 460 g/mol. The van der Waals surface area contributed by atoms with Crippen LogP contribution in [0.1, 0.15) is 34.3 Å². The van der Waals surface area contributed by atoms with Gasteiger partial charge in [0.25, 0.3) is 5.91 Å². The molecule has 1 fully saturated rings. The Morgan fingerprint density at radius 3 is 2.60 bits per heavy atom. The first-order valence-corrected chi connectivity index (χ1v) is 13.2. The topological polar surface area (TPSA) is 92.3 Å². The number of fused-ring (bicyclic) bond motifs is 1. The first-order chi connectivity index (χ1) is 16.8. The van der Waals surface area contributed by atoms with Crippen LogP contribution in [-0.2, 0) is 10.0 Å². The second kappa shape index (κ2) is 9.11. The van der Waals surface area contributed by atoms with Crippen molar-refractivity contribution >= 4 is 38.2 Å². The average molecular weight is 487 g/mol. The number of carbonyl (C=O) groups excluding carboxylic acids is 1. The summed E-state index contributed by atoms with van der Waals surface area (Å²) in [5.41, 5.74) is 6.10. The molecule has 1 saturated heterocycles. The van der Waals surface area contributed by atoms with E-state index < -0.39 is 10.0 Å². The van der Waals surface area contributed by atoms with Crippen molar-refractivity contribution in [2.24, 2.45) is 0 Å². The predicted molar refractivity (Wildman–Crippen MR) is 139 cm³/mol. The van der Waals surface area contributed by atoms with Gasteiger partial charge in [0, 0.05) is 41.1 Å². The number of amides is 1. The van der Waals surface area contributed by atoms with E-state index in [1.807, 2.05) is 50.2 Å². The van der Waals surface area contributed by atoms with Crippen molar-refractivity contribution in [3.8, 4) is 11.3 Å². The number of sulfonamides is 1. The molecule has 0 atom stereocenters. The Labute approximate surface area is 204 Å². The van der Waals surface area contributed by atoms with Crippen LogP contribution in [-0.4, -0.2) is 36.6 Å². The number of aryl methyl sites for hydroxylation is 2. The van der Waals surface area contributed by atoms with Crippen LogP contribution in [0.15, 0.2) is 67.0 Å². The van der Waals surface area contributed by atoms with Gasteiger partial charge in [0.05, 0.1) is 22.7 Å². The summed E-state index contributed by atoms with van der Waals surface area (Å²) in [4.78, 5) is 22.1. The summed E-state index contributed by atoms with van der Waals surface area (Å²) >= 11 is 0. The monoisotopic (exact) mass is 486 g/mol. The lowest BCUT2D eigenvalue weighted by molar-refractivity contribution is 0.102. The zero-order valence-electron chi connectivity index (χ0n) is 19.7. The third-order valence-corrected chi connectivity index (χ3v) is 8.24. The van der Waals surface area contributed by atoms with Crippen molar-refractivity contribution in [2.75, 3.05) is 21.9 Å². The number of nitrogens with zero attached hydrogens (tertiary/aromatic N) is 3. The van der Waals surface area contributed by atoms with Crippen molar-refractivity contribution in [3.63, 3.8) is 0 Å². The molecule has 5 rings (SSSR count). The Bertz CT molecular complexity index is 1540. The van der Waals surface area contributed by atoms with E-state index in [1.54, 1.807) is 30.6 Å². The number of benzene rings is 2. The minimum Gasteiger partial charge on any atom is -0.322 e. The highest BCUT2D eigenvalue weighted by molar-refractivity contribution is 7.92. The van der Waals surface area contributed by atoms with Gasteiger partial charge in [0.1, 0.15) is 0 Å². The van der Waals surface area contributed by atoms with Crippen molar-refractivity contribution in [1.29, 1.82) is 0 Å². The van der Waals surface area contributed by atoms with Gasteiger partial charge in [0.2, 0.25) is 10.0 Å². The van der Waals surface area contributed by atoms with Crippen LogP contribution in [0, 0.1) is 13.8 Å². The lowest BCUT2D eigenvalue weighted by Crippen LogP contribution is -2.37. The first-order valence-electron chi connectivity index (χ1n) is 11.6.